The first-order chi connectivity index (χ1) is 10.3. The number of benzene rings is 1. The lowest BCUT2D eigenvalue weighted by atomic mass is 9.92. The predicted octanol–water partition coefficient (Wildman–Crippen LogP) is 2.80. The van der Waals surface area contributed by atoms with Gasteiger partial charge in [-0.1, -0.05) is 11.9 Å². The average molecular weight is 322 g/mol. The Bertz CT molecular complexity index is 527. The van der Waals surface area contributed by atoms with E-state index in [-0.39, 0.29) is 0 Å². The van der Waals surface area contributed by atoms with Gasteiger partial charge in [0.25, 0.3) is 0 Å². The number of nitrogens with zero attached hydrogens (tertiary/aromatic N) is 1. The fourth-order valence-corrected chi connectivity index (χ4v) is 4.67. The van der Waals surface area contributed by atoms with Gasteiger partial charge in [0.1, 0.15) is 0 Å². The molecule has 1 atom stereocenters. The van der Waals surface area contributed by atoms with E-state index in [1.165, 1.54) is 36.1 Å². The second kappa shape index (κ2) is 6.13. The summed E-state index contributed by atoms with van der Waals surface area (Å²) < 4.78 is 8.22. The molecular formula is C16H22N2OS2. The maximum atomic E-state index is 5.66. The number of hydrogen-bond acceptors (Lipinski definition) is 5. The summed E-state index contributed by atoms with van der Waals surface area (Å²) in [5.74, 6) is 0. The molecule has 3 nitrogen and oxygen atoms in total. The van der Waals surface area contributed by atoms with Crippen molar-refractivity contribution in [3.05, 3.63) is 28.8 Å². The lowest BCUT2D eigenvalue weighted by Crippen LogP contribution is -2.36. The smallest absolute Gasteiger partial charge is 0.0662 e. The fraction of sp³-hybridized carbons (Fsp3) is 0.625. The number of fused-ring (bicyclic) bond motifs is 1. The van der Waals surface area contributed by atoms with Crippen LogP contribution in [0.5, 0.6) is 0 Å². The minimum absolute atomic E-state index is 0.325. The molecule has 0 radical (unpaired) electrons. The molecular weight excluding hydrogens is 300 g/mol. The summed E-state index contributed by atoms with van der Waals surface area (Å²) in [7, 11) is 0. The number of ether oxygens (including phenoxy) is 1. The zero-order chi connectivity index (χ0) is 14.2. The standard InChI is InChI=1S/C16H22N2OS2/c20-12-7-11-3-5-18(21-13-1-2-13)9-15(11)14(8-12)16-10-19-6-4-17-16/h7-8,13,16-17,20H,1-6,9-10H2/t16-/m0/s1. The molecule has 0 spiro atoms. The highest BCUT2D eigenvalue weighted by Gasteiger charge is 2.29. The van der Waals surface area contributed by atoms with E-state index < -0.39 is 0 Å². The summed E-state index contributed by atoms with van der Waals surface area (Å²) in [5.41, 5.74) is 4.39. The van der Waals surface area contributed by atoms with Crippen molar-refractivity contribution in [1.82, 2.24) is 9.62 Å². The van der Waals surface area contributed by atoms with Crippen molar-refractivity contribution in [3.8, 4) is 0 Å². The Kier molecular flexibility index (Phi) is 4.20. The van der Waals surface area contributed by atoms with Gasteiger partial charge in [-0.2, -0.15) is 0 Å². The molecule has 1 aromatic rings. The van der Waals surface area contributed by atoms with Crippen LogP contribution in [-0.2, 0) is 17.7 Å². The summed E-state index contributed by atoms with van der Waals surface area (Å²) in [5, 5.41) is 4.48. The van der Waals surface area contributed by atoms with E-state index in [2.05, 4.69) is 46.3 Å². The van der Waals surface area contributed by atoms with Gasteiger partial charge in [0.15, 0.2) is 0 Å². The first-order valence-corrected chi connectivity index (χ1v) is 9.15. The quantitative estimate of drug-likeness (QED) is 0.660. The number of hydrogen-bond donors (Lipinski definition) is 2. The van der Waals surface area contributed by atoms with E-state index in [1.54, 1.807) is 0 Å². The fourth-order valence-electron chi connectivity index (χ4n) is 3.21. The van der Waals surface area contributed by atoms with Crippen LogP contribution in [0.4, 0.5) is 0 Å². The zero-order valence-corrected chi connectivity index (χ0v) is 13.9. The minimum Gasteiger partial charge on any atom is -0.378 e. The molecule has 4 rings (SSSR count). The molecule has 2 fully saturated rings. The molecule has 5 heteroatoms. The highest BCUT2D eigenvalue weighted by Crippen LogP contribution is 2.40. The van der Waals surface area contributed by atoms with Crippen LogP contribution >= 0.6 is 24.6 Å². The zero-order valence-electron chi connectivity index (χ0n) is 12.2. The van der Waals surface area contributed by atoms with Gasteiger partial charge in [-0.25, -0.2) is 4.31 Å². The van der Waals surface area contributed by atoms with E-state index in [0.717, 1.165) is 42.9 Å². The Morgan fingerprint density at radius 2 is 2.24 bits per heavy atom. The van der Waals surface area contributed by atoms with Crippen LogP contribution in [0.2, 0.25) is 0 Å². The maximum absolute atomic E-state index is 5.66. The monoisotopic (exact) mass is 322 g/mol. The van der Waals surface area contributed by atoms with Gasteiger partial charge in [-0.15, -0.1) is 12.6 Å². The Morgan fingerprint density at radius 3 is 3.00 bits per heavy atom. The number of thiol groups is 1. The van der Waals surface area contributed by atoms with Gasteiger partial charge in [0.2, 0.25) is 0 Å². The Hall–Kier alpha value is -0.200. The third-order valence-electron chi connectivity index (χ3n) is 4.45. The highest BCUT2D eigenvalue weighted by molar-refractivity contribution is 7.97. The molecule has 0 bridgehead atoms. The molecule has 1 N–H and O–H groups in total. The van der Waals surface area contributed by atoms with Crippen molar-refractivity contribution in [1.29, 1.82) is 0 Å². The van der Waals surface area contributed by atoms with Crippen molar-refractivity contribution in [3.63, 3.8) is 0 Å². The summed E-state index contributed by atoms with van der Waals surface area (Å²) in [4.78, 5) is 1.08. The minimum atomic E-state index is 0.325. The molecule has 1 aromatic carbocycles. The predicted molar refractivity (Wildman–Crippen MR) is 90.0 cm³/mol. The van der Waals surface area contributed by atoms with Crippen molar-refractivity contribution in [2.45, 2.75) is 42.0 Å². The third-order valence-corrected chi connectivity index (χ3v) is 6.08. The normalized spacial score (nSPS) is 26.6. The summed E-state index contributed by atoms with van der Waals surface area (Å²) in [6.07, 6.45) is 3.94. The molecule has 0 aromatic heterocycles. The van der Waals surface area contributed by atoms with E-state index in [4.69, 9.17) is 4.74 Å². The van der Waals surface area contributed by atoms with Crippen LogP contribution in [0.3, 0.4) is 0 Å². The van der Waals surface area contributed by atoms with Crippen LogP contribution in [0.15, 0.2) is 17.0 Å². The van der Waals surface area contributed by atoms with Crippen LogP contribution in [-0.4, -0.2) is 35.9 Å². The Balaban J connectivity index is 1.61. The lowest BCUT2D eigenvalue weighted by Gasteiger charge is -2.33. The van der Waals surface area contributed by atoms with Crippen molar-refractivity contribution in [2.24, 2.45) is 0 Å². The van der Waals surface area contributed by atoms with Crippen molar-refractivity contribution < 1.29 is 4.74 Å². The van der Waals surface area contributed by atoms with Gasteiger partial charge in [0.05, 0.1) is 19.3 Å². The Morgan fingerprint density at radius 1 is 1.33 bits per heavy atom. The Labute approximate surface area is 136 Å². The van der Waals surface area contributed by atoms with E-state index in [9.17, 15) is 0 Å². The molecule has 2 aliphatic heterocycles. The molecule has 2 heterocycles. The van der Waals surface area contributed by atoms with Crippen LogP contribution in [0.25, 0.3) is 0 Å². The first kappa shape index (κ1) is 14.4. The lowest BCUT2D eigenvalue weighted by molar-refractivity contribution is 0.0763. The summed E-state index contributed by atoms with van der Waals surface area (Å²) >= 11 is 6.68. The van der Waals surface area contributed by atoms with Gasteiger partial charge in [-0.05, 0) is 48.1 Å². The number of rotatable bonds is 3. The van der Waals surface area contributed by atoms with Gasteiger partial charge in [-0.3, -0.25) is 0 Å². The molecule has 21 heavy (non-hydrogen) atoms. The van der Waals surface area contributed by atoms with Crippen molar-refractivity contribution in [2.75, 3.05) is 26.3 Å². The van der Waals surface area contributed by atoms with Gasteiger partial charge < -0.3 is 10.1 Å². The van der Waals surface area contributed by atoms with Crippen LogP contribution < -0.4 is 5.32 Å². The maximum Gasteiger partial charge on any atom is 0.0662 e. The molecule has 0 unspecified atom stereocenters. The first-order valence-electron chi connectivity index (χ1n) is 7.87. The molecule has 114 valence electrons. The summed E-state index contributed by atoms with van der Waals surface area (Å²) in [6.45, 7) is 4.77. The molecule has 1 saturated carbocycles. The molecule has 0 amide bonds. The SMILES string of the molecule is Sc1cc2c(c([C@@H]3COCCN3)c1)CN(SC1CC1)CC2. The van der Waals surface area contributed by atoms with Crippen molar-refractivity contribution >= 4 is 24.6 Å². The molecule has 3 aliphatic rings. The van der Waals surface area contributed by atoms with E-state index >= 15 is 0 Å². The molecule has 1 aliphatic carbocycles. The van der Waals surface area contributed by atoms with Crippen LogP contribution in [0, 0.1) is 0 Å². The third kappa shape index (κ3) is 3.27. The largest absolute Gasteiger partial charge is 0.378 e. The topological polar surface area (TPSA) is 24.5 Å². The second-order valence-corrected chi connectivity index (χ2v) is 8.08. The number of morpholine rings is 1. The average Bonchev–Trinajstić information content (AvgIpc) is 3.32. The van der Waals surface area contributed by atoms with Crippen LogP contribution in [0.1, 0.15) is 35.6 Å². The van der Waals surface area contributed by atoms with Gasteiger partial charge >= 0.3 is 0 Å². The molecule has 1 saturated heterocycles. The highest BCUT2D eigenvalue weighted by atomic mass is 32.2. The summed E-state index contributed by atoms with van der Waals surface area (Å²) in [6, 6.07) is 4.81. The van der Waals surface area contributed by atoms with E-state index in [0.29, 0.717) is 6.04 Å². The number of nitrogens with one attached hydrogen (secondary N) is 1. The van der Waals surface area contributed by atoms with E-state index in [1.807, 2.05) is 0 Å². The second-order valence-electron chi connectivity index (χ2n) is 6.17. The van der Waals surface area contributed by atoms with Gasteiger partial charge in [0, 0.05) is 29.8 Å².